The van der Waals surface area contributed by atoms with E-state index in [0.717, 1.165) is 0 Å². The van der Waals surface area contributed by atoms with Gasteiger partial charge in [-0.3, -0.25) is 14.9 Å². The molecule has 0 atom stereocenters. The molecule has 1 aromatic rings. The van der Waals surface area contributed by atoms with Crippen molar-refractivity contribution in [1.29, 1.82) is 0 Å². The highest BCUT2D eigenvalue weighted by Crippen LogP contribution is 2.17. The molecule has 0 amide bonds. The van der Waals surface area contributed by atoms with Gasteiger partial charge in [-0.25, -0.2) is 0 Å². The third-order valence-corrected chi connectivity index (χ3v) is 3.40. The molecule has 0 aromatic carbocycles. The fourth-order valence-corrected chi connectivity index (χ4v) is 1.78. The summed E-state index contributed by atoms with van der Waals surface area (Å²) in [6, 6.07) is 1.28. The lowest BCUT2D eigenvalue weighted by molar-refractivity contribution is -0.386. The second kappa shape index (κ2) is 5.30. The summed E-state index contributed by atoms with van der Waals surface area (Å²) in [4.78, 5) is 22.2. The number of pyridine rings is 1. The molecule has 0 unspecified atom stereocenters. The first-order chi connectivity index (χ1) is 8.33. The standard InChI is InChI=1S/C12H19N3O3/c1-4-12(13,5-2)8-14-7-10(15(17)18)9(3)6-11(14)16/h6-7H,4-5,8,13H2,1-3H3. The molecule has 1 rings (SSSR count). The van der Waals surface area contributed by atoms with Crippen LogP contribution in [0.4, 0.5) is 5.69 Å². The molecular weight excluding hydrogens is 234 g/mol. The van der Waals surface area contributed by atoms with Gasteiger partial charge in [0.15, 0.2) is 0 Å². The lowest BCUT2D eigenvalue weighted by Gasteiger charge is -2.27. The zero-order valence-corrected chi connectivity index (χ0v) is 11.0. The molecule has 0 saturated carbocycles. The van der Waals surface area contributed by atoms with E-state index < -0.39 is 10.5 Å². The summed E-state index contributed by atoms with van der Waals surface area (Å²) in [7, 11) is 0. The highest BCUT2D eigenvalue weighted by Gasteiger charge is 2.23. The molecule has 18 heavy (non-hydrogen) atoms. The van der Waals surface area contributed by atoms with Crippen molar-refractivity contribution in [2.24, 2.45) is 5.73 Å². The molecule has 0 fully saturated rings. The number of rotatable bonds is 5. The van der Waals surface area contributed by atoms with Crippen LogP contribution in [0.25, 0.3) is 0 Å². The second-order valence-corrected chi connectivity index (χ2v) is 4.63. The van der Waals surface area contributed by atoms with Crippen molar-refractivity contribution in [2.75, 3.05) is 0 Å². The summed E-state index contributed by atoms with van der Waals surface area (Å²) in [6.07, 6.45) is 2.69. The Balaban J connectivity index is 3.22. The number of nitrogens with zero attached hydrogens (tertiary/aromatic N) is 2. The van der Waals surface area contributed by atoms with Crippen LogP contribution in [0.3, 0.4) is 0 Å². The van der Waals surface area contributed by atoms with E-state index >= 15 is 0 Å². The normalized spacial score (nSPS) is 11.6. The molecule has 0 aliphatic heterocycles. The Kier molecular flexibility index (Phi) is 4.24. The third kappa shape index (κ3) is 2.95. The van der Waals surface area contributed by atoms with Gasteiger partial charge in [-0.1, -0.05) is 13.8 Å². The van der Waals surface area contributed by atoms with Gasteiger partial charge < -0.3 is 10.3 Å². The maximum absolute atomic E-state index is 11.8. The average molecular weight is 253 g/mol. The zero-order valence-electron chi connectivity index (χ0n) is 11.0. The van der Waals surface area contributed by atoms with Crippen molar-refractivity contribution in [1.82, 2.24) is 4.57 Å². The number of nitro groups is 1. The van der Waals surface area contributed by atoms with Crippen molar-refractivity contribution in [3.63, 3.8) is 0 Å². The van der Waals surface area contributed by atoms with Gasteiger partial charge in [0, 0.05) is 23.7 Å². The largest absolute Gasteiger partial charge is 0.324 e. The first kappa shape index (κ1) is 14.4. The summed E-state index contributed by atoms with van der Waals surface area (Å²) in [5.74, 6) is 0. The molecule has 0 saturated heterocycles. The summed E-state index contributed by atoms with van der Waals surface area (Å²) in [5.41, 5.74) is 5.69. The number of aromatic nitrogens is 1. The van der Waals surface area contributed by atoms with Crippen LogP contribution in [0.2, 0.25) is 0 Å². The molecule has 100 valence electrons. The minimum atomic E-state index is -0.507. The van der Waals surface area contributed by atoms with Crippen LogP contribution in [0, 0.1) is 17.0 Å². The van der Waals surface area contributed by atoms with Crippen molar-refractivity contribution in [3.8, 4) is 0 Å². The Morgan fingerprint density at radius 3 is 2.44 bits per heavy atom. The van der Waals surface area contributed by atoms with E-state index in [1.165, 1.54) is 16.8 Å². The smallest absolute Gasteiger partial charge is 0.288 e. The van der Waals surface area contributed by atoms with Crippen molar-refractivity contribution < 1.29 is 4.92 Å². The van der Waals surface area contributed by atoms with E-state index in [4.69, 9.17) is 5.73 Å². The fourth-order valence-electron chi connectivity index (χ4n) is 1.78. The highest BCUT2D eigenvalue weighted by molar-refractivity contribution is 5.35. The first-order valence-corrected chi connectivity index (χ1v) is 5.97. The highest BCUT2D eigenvalue weighted by atomic mass is 16.6. The minimum Gasteiger partial charge on any atom is -0.324 e. The van der Waals surface area contributed by atoms with Crippen LogP contribution in [-0.4, -0.2) is 15.0 Å². The minimum absolute atomic E-state index is 0.0517. The SMILES string of the molecule is CCC(N)(CC)Cn1cc([N+](=O)[O-])c(C)cc1=O. The number of nitrogens with two attached hydrogens (primary N) is 1. The van der Waals surface area contributed by atoms with Gasteiger partial charge >= 0.3 is 0 Å². The summed E-state index contributed by atoms with van der Waals surface area (Å²) < 4.78 is 1.33. The average Bonchev–Trinajstić information content (AvgIpc) is 2.32. The molecule has 0 bridgehead atoms. The van der Waals surface area contributed by atoms with Crippen molar-refractivity contribution in [2.45, 2.75) is 45.7 Å². The van der Waals surface area contributed by atoms with E-state index in [-0.39, 0.29) is 11.2 Å². The van der Waals surface area contributed by atoms with Gasteiger partial charge in [0.05, 0.1) is 11.1 Å². The molecule has 0 aliphatic carbocycles. The Bertz CT molecular complexity index is 504. The molecule has 0 spiro atoms. The first-order valence-electron chi connectivity index (χ1n) is 5.97. The monoisotopic (exact) mass is 253 g/mol. The Morgan fingerprint density at radius 1 is 1.44 bits per heavy atom. The van der Waals surface area contributed by atoms with Gasteiger partial charge in [-0.2, -0.15) is 0 Å². The second-order valence-electron chi connectivity index (χ2n) is 4.63. The quantitative estimate of drug-likeness (QED) is 0.637. The summed E-state index contributed by atoms with van der Waals surface area (Å²) >= 11 is 0. The van der Waals surface area contributed by atoms with Gasteiger partial charge in [0.2, 0.25) is 0 Å². The summed E-state index contributed by atoms with van der Waals surface area (Å²) in [6.45, 7) is 5.73. The Hall–Kier alpha value is -1.69. The fraction of sp³-hybridized carbons (Fsp3) is 0.583. The van der Waals surface area contributed by atoms with E-state index in [9.17, 15) is 14.9 Å². The van der Waals surface area contributed by atoms with Crippen LogP contribution in [-0.2, 0) is 6.54 Å². The molecule has 2 N–H and O–H groups in total. The number of hydrogen-bond donors (Lipinski definition) is 1. The number of aryl methyl sites for hydroxylation is 1. The maximum atomic E-state index is 11.8. The van der Waals surface area contributed by atoms with Gasteiger partial charge in [0.1, 0.15) is 0 Å². The van der Waals surface area contributed by atoms with Crippen LogP contribution in [0.15, 0.2) is 17.1 Å². The van der Waals surface area contributed by atoms with Crippen molar-refractivity contribution in [3.05, 3.63) is 38.3 Å². The van der Waals surface area contributed by atoms with Gasteiger partial charge in [0.25, 0.3) is 11.2 Å². The third-order valence-electron chi connectivity index (χ3n) is 3.40. The van der Waals surface area contributed by atoms with E-state index in [1.807, 2.05) is 13.8 Å². The topological polar surface area (TPSA) is 91.2 Å². The predicted molar refractivity (Wildman–Crippen MR) is 69.6 cm³/mol. The molecule has 0 aliphatic rings. The molecule has 0 radical (unpaired) electrons. The van der Waals surface area contributed by atoms with Crippen LogP contribution >= 0.6 is 0 Å². The molecule has 6 nitrogen and oxygen atoms in total. The van der Waals surface area contributed by atoms with Crippen LogP contribution < -0.4 is 11.3 Å². The van der Waals surface area contributed by atoms with Crippen molar-refractivity contribution >= 4 is 5.69 Å². The van der Waals surface area contributed by atoms with E-state index in [0.29, 0.717) is 24.9 Å². The van der Waals surface area contributed by atoms with Gasteiger partial charge in [-0.05, 0) is 19.8 Å². The lowest BCUT2D eigenvalue weighted by atomic mass is 9.94. The van der Waals surface area contributed by atoms with Crippen LogP contribution in [0.5, 0.6) is 0 Å². The Morgan fingerprint density at radius 2 is 2.00 bits per heavy atom. The van der Waals surface area contributed by atoms with Gasteiger partial charge in [-0.15, -0.1) is 0 Å². The lowest BCUT2D eigenvalue weighted by Crippen LogP contribution is -2.45. The maximum Gasteiger partial charge on any atom is 0.288 e. The van der Waals surface area contributed by atoms with E-state index in [2.05, 4.69) is 0 Å². The molecule has 1 heterocycles. The summed E-state index contributed by atoms with van der Waals surface area (Å²) in [5, 5.41) is 10.8. The van der Waals surface area contributed by atoms with E-state index in [1.54, 1.807) is 6.92 Å². The number of hydrogen-bond acceptors (Lipinski definition) is 4. The zero-order chi connectivity index (χ0) is 13.9. The molecular formula is C12H19N3O3. The Labute approximate surface area is 106 Å². The predicted octanol–water partition coefficient (Wildman–Crippen LogP) is 1.58. The van der Waals surface area contributed by atoms with Crippen LogP contribution in [0.1, 0.15) is 32.3 Å². The molecule has 1 aromatic heterocycles. The molecule has 6 heteroatoms.